The molecule has 4 N–H and O–H groups in total. The smallest absolute Gasteiger partial charge is 0.367 e. The van der Waals surface area contributed by atoms with Gasteiger partial charge in [0.2, 0.25) is 0 Å². The molecule has 3 atom stereocenters. The van der Waals surface area contributed by atoms with Crippen LogP contribution in [-0.2, 0) is 0 Å². The number of aromatic nitrogens is 2. The molecule has 0 saturated heterocycles. The highest BCUT2D eigenvalue weighted by Gasteiger charge is 2.46. The first-order valence-corrected chi connectivity index (χ1v) is 9.40. The SMILES string of the molecule is CC1CC(C(F)(F)F)n2ncc(C(=O)NNC(=S)NC(C)c3ccccc3)c2N1. The van der Waals surface area contributed by atoms with Gasteiger partial charge in [-0.2, -0.15) is 18.3 Å². The van der Waals surface area contributed by atoms with Crippen LogP contribution in [0.2, 0.25) is 0 Å². The van der Waals surface area contributed by atoms with E-state index >= 15 is 0 Å². The summed E-state index contributed by atoms with van der Waals surface area (Å²) < 4.78 is 40.7. The van der Waals surface area contributed by atoms with Crippen LogP contribution in [0.15, 0.2) is 36.5 Å². The molecular formula is C18H21F3N6OS. The Hall–Kier alpha value is -2.82. The van der Waals surface area contributed by atoms with Crippen LogP contribution in [0.25, 0.3) is 0 Å². The Morgan fingerprint density at radius 2 is 2.00 bits per heavy atom. The number of nitrogens with one attached hydrogen (secondary N) is 4. The Labute approximate surface area is 171 Å². The second-order valence-corrected chi connectivity index (χ2v) is 7.28. The van der Waals surface area contributed by atoms with Gasteiger partial charge in [0.15, 0.2) is 11.2 Å². The average molecular weight is 426 g/mol. The van der Waals surface area contributed by atoms with E-state index in [0.29, 0.717) is 0 Å². The number of hydrogen-bond acceptors (Lipinski definition) is 4. The van der Waals surface area contributed by atoms with Crippen LogP contribution in [-0.4, -0.2) is 33.0 Å². The number of hydrogen-bond donors (Lipinski definition) is 4. The summed E-state index contributed by atoms with van der Waals surface area (Å²) in [5.74, 6) is -0.618. The molecule has 3 rings (SSSR count). The molecule has 1 aromatic carbocycles. The molecule has 3 unspecified atom stereocenters. The average Bonchev–Trinajstić information content (AvgIpc) is 3.09. The highest BCUT2D eigenvalue weighted by atomic mass is 32.1. The van der Waals surface area contributed by atoms with Crippen LogP contribution in [0.1, 0.15) is 48.3 Å². The maximum Gasteiger partial charge on any atom is 0.410 e. The van der Waals surface area contributed by atoms with E-state index in [1.54, 1.807) is 6.92 Å². The van der Waals surface area contributed by atoms with E-state index in [9.17, 15) is 18.0 Å². The summed E-state index contributed by atoms with van der Waals surface area (Å²) in [5, 5.41) is 9.85. The summed E-state index contributed by atoms with van der Waals surface area (Å²) in [6.07, 6.45) is -3.51. The van der Waals surface area contributed by atoms with E-state index < -0.39 is 24.2 Å². The van der Waals surface area contributed by atoms with Gasteiger partial charge in [-0.3, -0.25) is 15.6 Å². The first-order valence-electron chi connectivity index (χ1n) is 8.99. The molecule has 0 radical (unpaired) electrons. The van der Waals surface area contributed by atoms with E-state index in [2.05, 4.69) is 26.6 Å². The number of rotatable bonds is 3. The van der Waals surface area contributed by atoms with Crippen molar-refractivity contribution in [3.8, 4) is 0 Å². The lowest BCUT2D eigenvalue weighted by molar-refractivity contribution is -0.173. The van der Waals surface area contributed by atoms with Crippen molar-refractivity contribution in [2.75, 3.05) is 5.32 Å². The Balaban J connectivity index is 1.63. The first kappa shape index (κ1) is 20.9. The van der Waals surface area contributed by atoms with Crippen LogP contribution in [0.5, 0.6) is 0 Å². The fourth-order valence-corrected chi connectivity index (χ4v) is 3.37. The number of benzene rings is 1. The van der Waals surface area contributed by atoms with Gasteiger partial charge in [-0.15, -0.1) is 0 Å². The number of alkyl halides is 3. The van der Waals surface area contributed by atoms with Gasteiger partial charge in [0, 0.05) is 6.04 Å². The molecule has 7 nitrogen and oxygen atoms in total. The molecule has 29 heavy (non-hydrogen) atoms. The van der Waals surface area contributed by atoms with Crippen LogP contribution < -0.4 is 21.5 Å². The van der Waals surface area contributed by atoms with Crippen molar-refractivity contribution in [1.82, 2.24) is 25.9 Å². The van der Waals surface area contributed by atoms with Gasteiger partial charge in [-0.25, -0.2) is 4.68 Å². The summed E-state index contributed by atoms with van der Waals surface area (Å²) in [4.78, 5) is 12.5. The molecular weight excluding hydrogens is 405 g/mol. The molecule has 0 bridgehead atoms. The van der Waals surface area contributed by atoms with Crippen molar-refractivity contribution >= 4 is 29.1 Å². The fraction of sp³-hybridized carbons (Fsp3) is 0.389. The molecule has 2 heterocycles. The van der Waals surface area contributed by atoms with Gasteiger partial charge in [-0.1, -0.05) is 30.3 Å². The lowest BCUT2D eigenvalue weighted by Crippen LogP contribution is -2.47. The zero-order valence-corrected chi connectivity index (χ0v) is 16.6. The minimum atomic E-state index is -4.46. The predicted molar refractivity (Wildman–Crippen MR) is 106 cm³/mol. The van der Waals surface area contributed by atoms with Gasteiger partial charge in [0.1, 0.15) is 11.4 Å². The minimum Gasteiger partial charge on any atom is -0.367 e. The summed E-state index contributed by atoms with van der Waals surface area (Å²) in [7, 11) is 0. The van der Waals surface area contributed by atoms with Gasteiger partial charge < -0.3 is 10.6 Å². The zero-order valence-electron chi connectivity index (χ0n) is 15.7. The van der Waals surface area contributed by atoms with Gasteiger partial charge in [0.25, 0.3) is 5.91 Å². The molecule has 11 heteroatoms. The van der Waals surface area contributed by atoms with E-state index in [0.717, 1.165) is 16.4 Å². The minimum absolute atomic E-state index is 0.00259. The Kier molecular flexibility index (Phi) is 5.96. The van der Waals surface area contributed by atoms with Crippen molar-refractivity contribution < 1.29 is 18.0 Å². The van der Waals surface area contributed by atoms with Crippen molar-refractivity contribution in [2.24, 2.45) is 0 Å². The number of halogens is 3. The fourth-order valence-electron chi connectivity index (χ4n) is 3.15. The molecule has 156 valence electrons. The lowest BCUT2D eigenvalue weighted by atomic mass is 10.1. The third kappa shape index (κ3) is 4.78. The molecule has 1 aliphatic heterocycles. The highest BCUT2D eigenvalue weighted by molar-refractivity contribution is 7.80. The van der Waals surface area contributed by atoms with Crippen molar-refractivity contribution in [3.63, 3.8) is 0 Å². The van der Waals surface area contributed by atoms with Crippen molar-refractivity contribution in [2.45, 2.75) is 44.6 Å². The second-order valence-electron chi connectivity index (χ2n) is 6.87. The van der Waals surface area contributed by atoms with E-state index in [1.165, 1.54) is 0 Å². The van der Waals surface area contributed by atoms with E-state index in [1.807, 2.05) is 37.3 Å². The van der Waals surface area contributed by atoms with Gasteiger partial charge >= 0.3 is 6.18 Å². The second kappa shape index (κ2) is 8.27. The number of anilines is 1. The van der Waals surface area contributed by atoms with Crippen molar-refractivity contribution in [3.05, 3.63) is 47.7 Å². The monoisotopic (exact) mass is 426 g/mol. The number of fused-ring (bicyclic) bond motifs is 1. The van der Waals surface area contributed by atoms with Gasteiger partial charge in [-0.05, 0) is 38.0 Å². The highest BCUT2D eigenvalue weighted by Crippen LogP contribution is 2.39. The number of carbonyl (C=O) groups is 1. The first-order chi connectivity index (χ1) is 13.7. The Morgan fingerprint density at radius 3 is 2.66 bits per heavy atom. The van der Waals surface area contributed by atoms with Crippen LogP contribution >= 0.6 is 12.2 Å². The third-order valence-electron chi connectivity index (χ3n) is 4.61. The van der Waals surface area contributed by atoms with E-state index in [-0.39, 0.29) is 29.0 Å². The third-order valence-corrected chi connectivity index (χ3v) is 4.83. The molecule has 0 spiro atoms. The Morgan fingerprint density at radius 1 is 1.31 bits per heavy atom. The summed E-state index contributed by atoms with van der Waals surface area (Å²) >= 11 is 5.16. The lowest BCUT2D eigenvalue weighted by Gasteiger charge is -2.32. The summed E-state index contributed by atoms with van der Waals surface area (Å²) in [5.41, 5.74) is 5.96. The molecule has 0 fully saturated rings. The van der Waals surface area contributed by atoms with Crippen LogP contribution in [0, 0.1) is 0 Å². The molecule has 1 amide bonds. The van der Waals surface area contributed by atoms with Crippen LogP contribution in [0.4, 0.5) is 19.0 Å². The maximum absolute atomic E-state index is 13.3. The van der Waals surface area contributed by atoms with Crippen molar-refractivity contribution in [1.29, 1.82) is 0 Å². The number of carbonyl (C=O) groups excluding carboxylic acids is 1. The summed E-state index contributed by atoms with van der Waals surface area (Å²) in [6, 6.07) is 7.22. The van der Waals surface area contributed by atoms with Gasteiger partial charge in [0.05, 0.1) is 12.2 Å². The largest absolute Gasteiger partial charge is 0.410 e. The molecule has 0 aliphatic carbocycles. The van der Waals surface area contributed by atoms with Crippen LogP contribution in [0.3, 0.4) is 0 Å². The van der Waals surface area contributed by atoms with E-state index in [4.69, 9.17) is 12.2 Å². The number of thiocarbonyl (C=S) groups is 1. The molecule has 1 aliphatic rings. The normalized spacial score (nSPS) is 19.5. The number of hydrazine groups is 1. The molecule has 1 aromatic heterocycles. The Bertz CT molecular complexity index is 885. The maximum atomic E-state index is 13.3. The topological polar surface area (TPSA) is 83.0 Å². The quantitative estimate of drug-likeness (QED) is 0.446. The molecule has 2 aromatic rings. The number of nitrogens with zero attached hydrogens (tertiary/aromatic N) is 2. The molecule has 0 saturated carbocycles. The summed E-state index contributed by atoms with van der Waals surface area (Å²) in [6.45, 7) is 3.53. The zero-order chi connectivity index (χ0) is 21.2. The predicted octanol–water partition coefficient (Wildman–Crippen LogP) is 3.06. The number of amides is 1. The standard InChI is InChI=1S/C18H21F3N6OS/c1-10-8-14(18(19,20)21)27-15(23-10)13(9-22-27)16(28)25-26-17(29)24-11(2)12-6-4-3-5-7-12/h3-7,9-11,14,23H,8H2,1-2H3,(H,25,28)(H2,24,26,29).